The molecule has 11 heteroatoms. The molecule has 5 aromatic rings. The molecule has 1 N–H and O–H groups in total. The number of rotatable bonds is 11. The van der Waals surface area contributed by atoms with E-state index in [1.807, 2.05) is 55.5 Å². The molecule has 1 amide bonds. The van der Waals surface area contributed by atoms with Crippen LogP contribution < -0.4 is 5.32 Å². The van der Waals surface area contributed by atoms with Crippen LogP contribution in [0.25, 0.3) is 11.0 Å². The summed E-state index contributed by atoms with van der Waals surface area (Å²) >= 11 is 6.77. The van der Waals surface area contributed by atoms with Crippen molar-refractivity contribution in [3.63, 3.8) is 0 Å². The molecule has 0 bridgehead atoms. The molecule has 0 fully saturated rings. The maximum absolute atomic E-state index is 14.1. The Balaban J connectivity index is 1.34. The molecule has 1 aliphatic heterocycles. The highest BCUT2D eigenvalue weighted by Crippen LogP contribution is 2.42. The minimum atomic E-state index is -0.881. The van der Waals surface area contributed by atoms with Crippen molar-refractivity contribution < 1.29 is 19.1 Å². The van der Waals surface area contributed by atoms with Crippen LogP contribution in [0.1, 0.15) is 29.8 Å². The maximum Gasteiger partial charge on any atom is 0.336 e. The zero-order chi connectivity index (χ0) is 32.8. The Labute approximate surface area is 277 Å². The van der Waals surface area contributed by atoms with Crippen LogP contribution in [-0.4, -0.2) is 50.3 Å². The first kappa shape index (κ1) is 31.8. The zero-order valence-electron chi connectivity index (χ0n) is 26.0. The minimum absolute atomic E-state index is 0.00980. The van der Waals surface area contributed by atoms with Crippen molar-refractivity contribution in [2.45, 2.75) is 32.9 Å². The Bertz CT molecular complexity index is 1960. The van der Waals surface area contributed by atoms with E-state index in [4.69, 9.17) is 26.1 Å². The van der Waals surface area contributed by atoms with Gasteiger partial charge in [-0.05, 0) is 49.2 Å². The van der Waals surface area contributed by atoms with Crippen LogP contribution in [0.2, 0.25) is 5.02 Å². The summed E-state index contributed by atoms with van der Waals surface area (Å²) in [6.07, 6.45) is 5.05. The first-order valence-electron chi connectivity index (χ1n) is 15.2. The molecule has 6 rings (SSSR count). The second-order valence-corrected chi connectivity index (χ2v) is 11.5. The molecule has 10 nitrogen and oxygen atoms in total. The Morgan fingerprint density at radius 3 is 2.51 bits per heavy atom. The highest BCUT2D eigenvalue weighted by atomic mass is 35.5. The molecule has 2 aromatic carbocycles. The molecule has 2 unspecified atom stereocenters. The van der Waals surface area contributed by atoms with Gasteiger partial charge >= 0.3 is 5.97 Å². The number of anilines is 1. The van der Waals surface area contributed by atoms with Crippen LogP contribution >= 0.6 is 11.6 Å². The fourth-order valence-corrected chi connectivity index (χ4v) is 6.09. The van der Waals surface area contributed by atoms with E-state index in [0.717, 1.165) is 22.4 Å². The molecule has 0 saturated heterocycles. The van der Waals surface area contributed by atoms with Crippen molar-refractivity contribution in [3.8, 4) is 0 Å². The van der Waals surface area contributed by atoms with E-state index in [-0.39, 0.29) is 24.7 Å². The molecular weight excluding hydrogens is 616 g/mol. The number of benzene rings is 2. The van der Waals surface area contributed by atoms with Crippen LogP contribution in [0, 0.1) is 12.8 Å². The number of halogens is 1. The number of ether oxygens (including phenoxy) is 2. The number of carbonyl (C=O) groups excluding carboxylic acids is 2. The van der Waals surface area contributed by atoms with E-state index in [2.05, 4.69) is 24.8 Å². The van der Waals surface area contributed by atoms with Gasteiger partial charge in [-0.3, -0.25) is 14.8 Å². The number of amides is 1. The minimum Gasteiger partial charge on any atom is -0.457 e. The van der Waals surface area contributed by atoms with Crippen LogP contribution in [0.4, 0.5) is 5.82 Å². The van der Waals surface area contributed by atoms with E-state index < -0.39 is 17.8 Å². The second kappa shape index (κ2) is 14.5. The van der Waals surface area contributed by atoms with Gasteiger partial charge in [-0.25, -0.2) is 14.8 Å². The van der Waals surface area contributed by atoms with E-state index in [1.54, 1.807) is 55.8 Å². The lowest BCUT2D eigenvalue weighted by Crippen LogP contribution is -2.39. The maximum atomic E-state index is 14.1. The molecule has 4 heterocycles. The molecule has 1 aliphatic rings. The Morgan fingerprint density at radius 2 is 1.72 bits per heavy atom. The van der Waals surface area contributed by atoms with Crippen LogP contribution in [0.15, 0.2) is 114 Å². The largest absolute Gasteiger partial charge is 0.457 e. The van der Waals surface area contributed by atoms with Gasteiger partial charge in [-0.2, -0.15) is 0 Å². The van der Waals surface area contributed by atoms with Crippen molar-refractivity contribution in [2.75, 3.05) is 18.5 Å². The highest BCUT2D eigenvalue weighted by molar-refractivity contribution is 6.31. The van der Waals surface area contributed by atoms with Crippen LogP contribution in [0.3, 0.4) is 0 Å². The summed E-state index contributed by atoms with van der Waals surface area (Å²) in [6, 6.07) is 23.7. The summed E-state index contributed by atoms with van der Waals surface area (Å²) < 4.78 is 14.1. The number of aromatic nitrogens is 4. The predicted molar refractivity (Wildman–Crippen MR) is 180 cm³/mol. The second-order valence-electron chi connectivity index (χ2n) is 11.1. The average molecular weight is 649 g/mol. The van der Waals surface area contributed by atoms with Gasteiger partial charge in [0, 0.05) is 35.6 Å². The summed E-state index contributed by atoms with van der Waals surface area (Å²) in [7, 11) is 0. The van der Waals surface area contributed by atoms with Crippen molar-refractivity contribution in [2.24, 2.45) is 10.9 Å². The smallest absolute Gasteiger partial charge is 0.336 e. The molecule has 0 spiro atoms. The topological polar surface area (TPSA) is 121 Å². The quantitative estimate of drug-likeness (QED) is 0.132. The van der Waals surface area contributed by atoms with Gasteiger partial charge in [-0.15, -0.1) is 0 Å². The molecule has 3 aromatic heterocycles. The fourth-order valence-electron chi connectivity index (χ4n) is 5.84. The third kappa shape index (κ3) is 7.14. The third-order valence-corrected chi connectivity index (χ3v) is 8.37. The molecule has 2 atom stereocenters. The molecule has 238 valence electrons. The van der Waals surface area contributed by atoms with Crippen molar-refractivity contribution >= 4 is 46.0 Å². The highest BCUT2D eigenvalue weighted by Gasteiger charge is 2.43. The Kier molecular flexibility index (Phi) is 9.80. The van der Waals surface area contributed by atoms with Gasteiger partial charge in [0.15, 0.2) is 0 Å². The summed E-state index contributed by atoms with van der Waals surface area (Å²) in [5, 5.41) is 3.30. The van der Waals surface area contributed by atoms with E-state index in [1.165, 1.54) is 0 Å². The number of aryl methyl sites for hydroxylation is 1. The number of carbonyl (C=O) groups is 2. The van der Waals surface area contributed by atoms with E-state index >= 15 is 0 Å². The lowest BCUT2D eigenvalue weighted by molar-refractivity contribution is -0.141. The lowest BCUT2D eigenvalue weighted by Gasteiger charge is -2.33. The summed E-state index contributed by atoms with van der Waals surface area (Å²) in [5.74, 6) is -1.44. The predicted octanol–water partition coefficient (Wildman–Crippen LogP) is 6.32. The van der Waals surface area contributed by atoms with Crippen LogP contribution in [0.5, 0.6) is 0 Å². The summed E-state index contributed by atoms with van der Waals surface area (Å²) in [4.78, 5) is 45.9. The van der Waals surface area contributed by atoms with Gasteiger partial charge in [0.2, 0.25) is 5.91 Å². The van der Waals surface area contributed by atoms with Gasteiger partial charge in [0.1, 0.15) is 23.8 Å². The number of hydrogen-bond acceptors (Lipinski definition) is 8. The molecule has 0 aliphatic carbocycles. The number of aliphatic imine (C=N–C) groups is 1. The number of pyridine rings is 2. The first-order valence-corrected chi connectivity index (χ1v) is 15.6. The van der Waals surface area contributed by atoms with E-state index in [0.29, 0.717) is 41.0 Å². The number of fused-ring (bicyclic) bond motifs is 1. The fraction of sp³-hybridized carbons (Fsp3) is 0.222. The molecule has 0 radical (unpaired) electrons. The van der Waals surface area contributed by atoms with Crippen molar-refractivity contribution in [1.82, 2.24) is 19.5 Å². The average Bonchev–Trinajstić information content (AvgIpc) is 3.40. The third-order valence-electron chi connectivity index (χ3n) is 8.03. The zero-order valence-corrected chi connectivity index (χ0v) is 26.7. The van der Waals surface area contributed by atoms with Gasteiger partial charge in [0.25, 0.3) is 0 Å². The van der Waals surface area contributed by atoms with Gasteiger partial charge in [-0.1, -0.05) is 66.2 Å². The number of nitrogens with zero attached hydrogens (tertiary/aromatic N) is 5. The molecular formula is C36H33ClN6O4. The number of esters is 1. The standard InChI is InChI=1S/C36H33ClN6O4/c1-23-32(35(44)42-31-14-8-9-16-39-31)33(26-12-6-7-13-27(26)37)34(36(45)47-21-25-10-4-3-5-11-25)29(40-23)22-46-19-18-43-24(2)41-28-20-38-17-15-30(28)43/h3-17,20,32-33H,18-19,21-22H2,1-2H3,(H,39,42,44). The van der Waals surface area contributed by atoms with Crippen LogP contribution in [-0.2, 0) is 32.2 Å². The monoisotopic (exact) mass is 648 g/mol. The summed E-state index contributed by atoms with van der Waals surface area (Å²) in [6.45, 7) is 4.60. The molecule has 47 heavy (non-hydrogen) atoms. The lowest BCUT2D eigenvalue weighted by atomic mass is 9.75. The first-order chi connectivity index (χ1) is 22.9. The summed E-state index contributed by atoms with van der Waals surface area (Å²) in [5.41, 5.74) is 4.29. The number of nitrogens with one attached hydrogen (secondary N) is 1. The molecule has 0 saturated carbocycles. The Morgan fingerprint density at radius 1 is 0.936 bits per heavy atom. The number of imidazole rings is 1. The van der Waals surface area contributed by atoms with E-state index in [9.17, 15) is 9.59 Å². The van der Waals surface area contributed by atoms with Gasteiger partial charge in [0.05, 0.1) is 42.1 Å². The Hall–Kier alpha value is -5.19. The SMILES string of the molecule is CC1=NC(COCCn2c(C)nc3cnccc32)=C(C(=O)OCc2ccccc2)C(c2ccccc2Cl)C1C(=O)Nc1ccccn1. The van der Waals surface area contributed by atoms with Crippen molar-refractivity contribution in [1.29, 1.82) is 0 Å². The van der Waals surface area contributed by atoms with Gasteiger partial charge < -0.3 is 19.4 Å². The number of hydrogen-bond donors (Lipinski definition) is 1. The van der Waals surface area contributed by atoms with Crippen molar-refractivity contribution in [3.05, 3.63) is 131 Å². The normalized spacial score (nSPS) is 16.2.